The number of anilines is 1. The van der Waals surface area contributed by atoms with E-state index in [9.17, 15) is 14.0 Å². The van der Waals surface area contributed by atoms with Crippen molar-refractivity contribution in [2.24, 2.45) is 5.92 Å². The van der Waals surface area contributed by atoms with Gasteiger partial charge >= 0.3 is 0 Å². The Balaban J connectivity index is 2.26. The first-order chi connectivity index (χ1) is 9.54. The minimum absolute atomic E-state index is 0.174. The van der Waals surface area contributed by atoms with Crippen molar-refractivity contribution < 1.29 is 14.0 Å². The van der Waals surface area contributed by atoms with Crippen molar-refractivity contribution in [2.75, 3.05) is 11.4 Å². The predicted octanol–water partition coefficient (Wildman–Crippen LogP) is 2.81. The summed E-state index contributed by atoms with van der Waals surface area (Å²) in [6.07, 6.45) is 0.754. The molecule has 2 rings (SSSR count). The van der Waals surface area contributed by atoms with E-state index < -0.39 is 17.6 Å². The molecule has 1 aliphatic heterocycles. The molecule has 20 heavy (non-hydrogen) atoms. The van der Waals surface area contributed by atoms with Crippen LogP contribution in [0, 0.1) is 23.1 Å². The molecule has 6 heteroatoms. The number of amides is 1. The summed E-state index contributed by atoms with van der Waals surface area (Å²) >= 11 is 3.16. The molecule has 0 bridgehead atoms. The lowest BCUT2D eigenvalue weighted by atomic mass is 9.91. The molecule has 0 aromatic heterocycles. The summed E-state index contributed by atoms with van der Waals surface area (Å²) in [6, 6.07) is 6.19. The third-order valence-corrected chi connectivity index (χ3v) is 3.77. The molecule has 0 aliphatic carbocycles. The van der Waals surface area contributed by atoms with Crippen molar-refractivity contribution in [1.29, 1.82) is 5.26 Å². The molecular formula is C14H12BrFN2O2. The number of benzene rings is 1. The number of Topliss-reactive ketones (excluding diaryl/α,β-unsaturated/α-hetero) is 1. The number of hydrogen-bond donors (Lipinski definition) is 0. The Kier molecular flexibility index (Phi) is 4.50. The van der Waals surface area contributed by atoms with Crippen LogP contribution >= 0.6 is 15.9 Å². The maximum absolute atomic E-state index is 13.9. The van der Waals surface area contributed by atoms with Gasteiger partial charge in [0.2, 0.25) is 5.91 Å². The topological polar surface area (TPSA) is 61.2 Å². The molecule has 1 saturated heterocycles. The highest BCUT2D eigenvalue weighted by atomic mass is 79.9. The van der Waals surface area contributed by atoms with Gasteiger partial charge in [-0.15, -0.1) is 0 Å². The fourth-order valence-corrected chi connectivity index (χ4v) is 2.65. The van der Waals surface area contributed by atoms with Gasteiger partial charge in [-0.2, -0.15) is 5.26 Å². The first-order valence-electron chi connectivity index (χ1n) is 6.20. The minimum atomic E-state index is -0.827. The maximum Gasteiger partial charge on any atom is 0.237 e. The van der Waals surface area contributed by atoms with Crippen molar-refractivity contribution in [2.45, 2.75) is 19.3 Å². The predicted molar refractivity (Wildman–Crippen MR) is 74.4 cm³/mol. The van der Waals surface area contributed by atoms with Crippen molar-refractivity contribution in [3.05, 3.63) is 28.5 Å². The summed E-state index contributed by atoms with van der Waals surface area (Å²) in [6.45, 7) is 0.383. The van der Waals surface area contributed by atoms with E-state index in [0.29, 0.717) is 23.9 Å². The maximum atomic E-state index is 13.9. The largest absolute Gasteiger partial charge is 0.309 e. The molecule has 4 nitrogen and oxygen atoms in total. The molecule has 1 aromatic rings. The van der Waals surface area contributed by atoms with E-state index in [1.807, 2.05) is 0 Å². The average molecular weight is 339 g/mol. The van der Waals surface area contributed by atoms with Gasteiger partial charge in [-0.1, -0.05) is 15.9 Å². The van der Waals surface area contributed by atoms with E-state index in [0.717, 1.165) is 0 Å². The summed E-state index contributed by atoms with van der Waals surface area (Å²) in [5.74, 6) is -2.15. The number of nitriles is 1. The number of ketones is 1. The molecule has 0 spiro atoms. The molecule has 1 amide bonds. The van der Waals surface area contributed by atoms with Crippen LogP contribution in [0.3, 0.4) is 0 Å². The number of halogens is 2. The zero-order valence-corrected chi connectivity index (χ0v) is 12.2. The minimum Gasteiger partial charge on any atom is -0.309 e. The highest BCUT2D eigenvalue weighted by Crippen LogP contribution is 2.29. The molecule has 1 fully saturated rings. The van der Waals surface area contributed by atoms with Gasteiger partial charge < -0.3 is 4.90 Å². The van der Waals surface area contributed by atoms with E-state index in [4.69, 9.17) is 5.26 Å². The second-order valence-electron chi connectivity index (χ2n) is 4.58. The van der Waals surface area contributed by atoms with Gasteiger partial charge in [0.15, 0.2) is 5.78 Å². The second kappa shape index (κ2) is 6.14. The number of carbonyl (C=O) groups excluding carboxylic acids is 2. The second-order valence-corrected chi connectivity index (χ2v) is 5.50. The molecular weight excluding hydrogens is 327 g/mol. The summed E-state index contributed by atoms with van der Waals surface area (Å²) in [5.41, 5.74) is 0.174. The summed E-state index contributed by atoms with van der Waals surface area (Å²) in [4.78, 5) is 25.3. The van der Waals surface area contributed by atoms with E-state index in [-0.39, 0.29) is 17.9 Å². The quantitative estimate of drug-likeness (QED) is 0.796. The van der Waals surface area contributed by atoms with E-state index in [1.54, 1.807) is 12.1 Å². The third kappa shape index (κ3) is 2.88. The number of piperidine rings is 1. The Labute approximate surface area is 124 Å². The smallest absolute Gasteiger partial charge is 0.237 e. The molecule has 0 radical (unpaired) electrons. The zero-order valence-electron chi connectivity index (χ0n) is 10.6. The molecule has 0 unspecified atom stereocenters. The van der Waals surface area contributed by atoms with Crippen LogP contribution in [0.15, 0.2) is 22.7 Å². The van der Waals surface area contributed by atoms with Crippen LogP contribution in [0.25, 0.3) is 0 Å². The van der Waals surface area contributed by atoms with E-state index >= 15 is 0 Å². The van der Waals surface area contributed by atoms with Crippen LogP contribution < -0.4 is 4.90 Å². The van der Waals surface area contributed by atoms with Gasteiger partial charge in [-0.3, -0.25) is 9.59 Å². The standard InChI is InChI=1S/C14H12BrFN2O2/c15-9-3-4-12(11(16)8-9)18-7-1-2-10(14(18)20)13(19)5-6-17/h3-4,8,10H,1-2,5,7H2/t10-/m0/s1. The fraction of sp³-hybridized carbons (Fsp3) is 0.357. The van der Waals surface area contributed by atoms with Crippen LogP contribution in [-0.2, 0) is 9.59 Å². The Morgan fingerprint density at radius 1 is 1.55 bits per heavy atom. The van der Waals surface area contributed by atoms with Crippen LogP contribution in [-0.4, -0.2) is 18.2 Å². The molecule has 0 N–H and O–H groups in total. The van der Waals surface area contributed by atoms with Crippen molar-refractivity contribution >= 4 is 33.3 Å². The highest BCUT2D eigenvalue weighted by molar-refractivity contribution is 9.10. The van der Waals surface area contributed by atoms with Crippen molar-refractivity contribution in [3.8, 4) is 6.07 Å². The Morgan fingerprint density at radius 2 is 2.30 bits per heavy atom. The SMILES string of the molecule is N#CCC(=O)[C@@H]1CCCN(c2ccc(Br)cc2F)C1=O. The number of hydrogen-bond acceptors (Lipinski definition) is 3. The number of carbonyl (C=O) groups is 2. The lowest BCUT2D eigenvalue weighted by molar-refractivity contribution is -0.133. The monoisotopic (exact) mass is 338 g/mol. The van der Waals surface area contributed by atoms with Crippen LogP contribution in [0.4, 0.5) is 10.1 Å². The van der Waals surface area contributed by atoms with Gasteiger partial charge in [0.1, 0.15) is 5.82 Å². The molecule has 1 heterocycles. The van der Waals surface area contributed by atoms with E-state index in [2.05, 4.69) is 15.9 Å². The average Bonchev–Trinajstić information content (AvgIpc) is 2.40. The lowest BCUT2D eigenvalue weighted by Crippen LogP contribution is -2.44. The van der Waals surface area contributed by atoms with Crippen LogP contribution in [0.5, 0.6) is 0 Å². The Hall–Kier alpha value is -1.74. The molecule has 1 aromatic carbocycles. The molecule has 1 atom stereocenters. The fourth-order valence-electron chi connectivity index (χ4n) is 2.31. The Morgan fingerprint density at radius 3 is 2.95 bits per heavy atom. The lowest BCUT2D eigenvalue weighted by Gasteiger charge is -2.31. The summed E-state index contributed by atoms with van der Waals surface area (Å²) in [7, 11) is 0. The van der Waals surface area contributed by atoms with Gasteiger partial charge in [0.25, 0.3) is 0 Å². The zero-order chi connectivity index (χ0) is 14.7. The van der Waals surface area contributed by atoms with Crippen molar-refractivity contribution in [1.82, 2.24) is 0 Å². The normalized spacial score (nSPS) is 18.8. The molecule has 104 valence electrons. The first kappa shape index (κ1) is 14.7. The van der Waals surface area contributed by atoms with Crippen LogP contribution in [0.2, 0.25) is 0 Å². The molecule has 0 saturated carbocycles. The number of rotatable bonds is 3. The van der Waals surface area contributed by atoms with Gasteiger partial charge in [-0.25, -0.2) is 4.39 Å². The highest BCUT2D eigenvalue weighted by Gasteiger charge is 2.35. The molecule has 1 aliphatic rings. The van der Waals surface area contributed by atoms with Gasteiger partial charge in [-0.05, 0) is 31.0 Å². The summed E-state index contributed by atoms with van der Waals surface area (Å²) < 4.78 is 14.5. The Bertz CT molecular complexity index is 597. The van der Waals surface area contributed by atoms with Crippen LogP contribution in [0.1, 0.15) is 19.3 Å². The third-order valence-electron chi connectivity index (χ3n) is 3.28. The van der Waals surface area contributed by atoms with Crippen molar-refractivity contribution in [3.63, 3.8) is 0 Å². The number of nitrogens with zero attached hydrogens (tertiary/aromatic N) is 2. The van der Waals surface area contributed by atoms with Gasteiger partial charge in [0, 0.05) is 11.0 Å². The summed E-state index contributed by atoms with van der Waals surface area (Å²) in [5, 5.41) is 8.55. The van der Waals surface area contributed by atoms with Gasteiger partial charge in [0.05, 0.1) is 24.1 Å². The van der Waals surface area contributed by atoms with E-state index in [1.165, 1.54) is 17.0 Å². The first-order valence-corrected chi connectivity index (χ1v) is 7.00.